The van der Waals surface area contributed by atoms with E-state index in [1.54, 1.807) is 42.6 Å². The molecule has 6 heteroatoms. The molecule has 0 aliphatic heterocycles. The summed E-state index contributed by atoms with van der Waals surface area (Å²) in [6.45, 7) is 0.237. The number of fused-ring (bicyclic) bond motifs is 1. The molecule has 0 atom stereocenters. The van der Waals surface area contributed by atoms with Crippen LogP contribution in [-0.4, -0.2) is 20.5 Å². The minimum absolute atomic E-state index is 0.161. The first-order valence-electron chi connectivity index (χ1n) is 6.22. The van der Waals surface area contributed by atoms with E-state index in [1.165, 1.54) is 10.5 Å². The molecule has 2 aromatic heterocycles. The fraction of sp³-hybridized carbons (Fsp3) is 0.0667. The van der Waals surface area contributed by atoms with Crippen molar-refractivity contribution in [1.29, 1.82) is 0 Å². The molecule has 0 bridgehead atoms. The zero-order chi connectivity index (χ0) is 14.8. The second-order valence-electron chi connectivity index (χ2n) is 4.42. The quantitative estimate of drug-likeness (QED) is 0.803. The summed E-state index contributed by atoms with van der Waals surface area (Å²) in [4.78, 5) is 15.5. The molecule has 0 aliphatic carbocycles. The van der Waals surface area contributed by atoms with E-state index in [4.69, 9.17) is 21.4 Å². The van der Waals surface area contributed by atoms with E-state index >= 15 is 0 Å². The number of pyridine rings is 1. The molecule has 3 rings (SSSR count). The number of benzene rings is 1. The van der Waals surface area contributed by atoms with Crippen LogP contribution in [0.5, 0.6) is 5.75 Å². The van der Waals surface area contributed by atoms with Crippen molar-refractivity contribution in [3.8, 4) is 5.75 Å². The van der Waals surface area contributed by atoms with Crippen molar-refractivity contribution in [2.45, 2.75) is 6.61 Å². The number of hydrogen-bond donors (Lipinski definition) is 1. The molecule has 0 spiro atoms. The summed E-state index contributed by atoms with van der Waals surface area (Å²) in [7, 11) is 0. The lowest BCUT2D eigenvalue weighted by Gasteiger charge is -2.03. The van der Waals surface area contributed by atoms with Crippen molar-refractivity contribution < 1.29 is 14.6 Å². The Kier molecular flexibility index (Phi) is 3.50. The second kappa shape index (κ2) is 5.46. The van der Waals surface area contributed by atoms with Crippen molar-refractivity contribution >= 4 is 23.2 Å². The van der Waals surface area contributed by atoms with E-state index in [9.17, 15) is 4.79 Å². The zero-order valence-electron chi connectivity index (χ0n) is 10.9. The summed E-state index contributed by atoms with van der Waals surface area (Å²) in [6.07, 6.45) is 1.66. The molecule has 0 aliphatic rings. The van der Waals surface area contributed by atoms with Gasteiger partial charge in [0.15, 0.2) is 0 Å². The minimum Gasteiger partial charge on any atom is -0.487 e. The molecule has 3 aromatic rings. The maximum Gasteiger partial charge on any atom is 0.352 e. The highest BCUT2D eigenvalue weighted by molar-refractivity contribution is 6.30. The van der Waals surface area contributed by atoms with Crippen molar-refractivity contribution in [1.82, 2.24) is 9.38 Å². The second-order valence-corrected chi connectivity index (χ2v) is 4.86. The van der Waals surface area contributed by atoms with Crippen LogP contribution in [0, 0.1) is 0 Å². The Balaban J connectivity index is 1.85. The highest BCUT2D eigenvalue weighted by atomic mass is 35.5. The van der Waals surface area contributed by atoms with Crippen LogP contribution in [-0.2, 0) is 6.61 Å². The molecule has 21 heavy (non-hydrogen) atoms. The van der Waals surface area contributed by atoms with Crippen LogP contribution < -0.4 is 4.74 Å². The van der Waals surface area contributed by atoms with E-state index in [2.05, 4.69) is 4.98 Å². The van der Waals surface area contributed by atoms with Gasteiger partial charge in [-0.3, -0.25) is 4.40 Å². The Bertz CT molecular complexity index is 814. The molecule has 0 amide bonds. The highest BCUT2D eigenvalue weighted by Gasteiger charge is 2.10. The summed E-state index contributed by atoms with van der Waals surface area (Å²) < 4.78 is 7.12. The normalized spacial score (nSPS) is 10.7. The molecular formula is C15H11ClN2O3. The Morgan fingerprint density at radius 1 is 1.29 bits per heavy atom. The van der Waals surface area contributed by atoms with Gasteiger partial charge in [-0.2, -0.15) is 0 Å². The summed E-state index contributed by atoms with van der Waals surface area (Å²) in [5, 5.41) is 9.73. The number of rotatable bonds is 4. The van der Waals surface area contributed by atoms with Gasteiger partial charge in [0.2, 0.25) is 0 Å². The van der Waals surface area contributed by atoms with Gasteiger partial charge in [-0.25, -0.2) is 9.78 Å². The van der Waals surface area contributed by atoms with E-state index in [0.717, 1.165) is 0 Å². The molecule has 5 nitrogen and oxygen atoms in total. The molecule has 1 N–H and O–H groups in total. The van der Waals surface area contributed by atoms with Crippen LogP contribution in [0.4, 0.5) is 0 Å². The first kappa shape index (κ1) is 13.5. The molecule has 0 fully saturated rings. The zero-order valence-corrected chi connectivity index (χ0v) is 11.6. The molecule has 0 saturated heterocycles. The number of aromatic nitrogens is 2. The maximum atomic E-state index is 11.1. The van der Waals surface area contributed by atoms with Crippen LogP contribution in [0.3, 0.4) is 0 Å². The molecule has 1 aromatic carbocycles. The van der Waals surface area contributed by atoms with Crippen LogP contribution in [0.2, 0.25) is 5.02 Å². The van der Waals surface area contributed by atoms with Crippen LogP contribution in [0.1, 0.15) is 16.2 Å². The van der Waals surface area contributed by atoms with Gasteiger partial charge >= 0.3 is 5.97 Å². The lowest BCUT2D eigenvalue weighted by Crippen LogP contribution is -2.03. The van der Waals surface area contributed by atoms with E-state index < -0.39 is 5.97 Å². The number of carboxylic acid groups (broad SMARTS) is 1. The molecule has 2 heterocycles. The number of ether oxygens (including phenoxy) is 1. The average molecular weight is 303 g/mol. The Morgan fingerprint density at radius 2 is 2.10 bits per heavy atom. The van der Waals surface area contributed by atoms with Gasteiger partial charge in [-0.05, 0) is 30.3 Å². The van der Waals surface area contributed by atoms with E-state index in [-0.39, 0.29) is 12.3 Å². The van der Waals surface area contributed by atoms with Crippen LogP contribution >= 0.6 is 11.6 Å². The maximum absolute atomic E-state index is 11.1. The first-order chi connectivity index (χ1) is 10.1. The van der Waals surface area contributed by atoms with E-state index in [1.807, 2.05) is 0 Å². The van der Waals surface area contributed by atoms with Crippen LogP contribution in [0.25, 0.3) is 5.65 Å². The SMILES string of the molecule is O=C(O)c1cccc2nc(COc3cccc(Cl)c3)cn12. The predicted molar refractivity (Wildman–Crippen MR) is 77.9 cm³/mol. The predicted octanol–water partition coefficient (Wildman–Crippen LogP) is 3.26. The smallest absolute Gasteiger partial charge is 0.352 e. The topological polar surface area (TPSA) is 63.8 Å². The van der Waals surface area contributed by atoms with Crippen LogP contribution in [0.15, 0.2) is 48.7 Å². The third-order valence-corrected chi connectivity index (χ3v) is 3.18. The molecule has 0 saturated carbocycles. The third-order valence-electron chi connectivity index (χ3n) is 2.94. The summed E-state index contributed by atoms with van der Waals surface area (Å²) >= 11 is 5.88. The number of carboxylic acids is 1. The van der Waals surface area contributed by atoms with Crippen molar-refractivity contribution in [2.75, 3.05) is 0 Å². The van der Waals surface area contributed by atoms with Crippen molar-refractivity contribution in [3.05, 3.63) is 65.1 Å². The largest absolute Gasteiger partial charge is 0.487 e. The molecule has 106 valence electrons. The number of hydrogen-bond acceptors (Lipinski definition) is 3. The Labute approximate surface area is 125 Å². The lowest BCUT2D eigenvalue weighted by molar-refractivity contribution is 0.0689. The molecular weight excluding hydrogens is 292 g/mol. The van der Waals surface area contributed by atoms with Gasteiger partial charge in [-0.1, -0.05) is 23.7 Å². The standard InChI is InChI=1S/C15H11ClN2O3/c16-10-3-1-4-12(7-10)21-9-11-8-18-13(15(19)20)5-2-6-14(18)17-11/h1-8H,9H2,(H,19,20). The van der Waals surface area contributed by atoms with Crippen molar-refractivity contribution in [2.24, 2.45) is 0 Å². The number of imidazole rings is 1. The number of aromatic carboxylic acids is 1. The average Bonchev–Trinajstić information content (AvgIpc) is 2.87. The number of nitrogens with zero attached hydrogens (tertiary/aromatic N) is 2. The van der Waals surface area contributed by atoms with Crippen molar-refractivity contribution in [3.63, 3.8) is 0 Å². The summed E-state index contributed by atoms with van der Waals surface area (Å²) in [5.41, 5.74) is 1.37. The highest BCUT2D eigenvalue weighted by Crippen LogP contribution is 2.18. The van der Waals surface area contributed by atoms with Gasteiger partial charge in [-0.15, -0.1) is 0 Å². The summed E-state index contributed by atoms with van der Waals surface area (Å²) in [6, 6.07) is 12.0. The molecule has 0 unspecified atom stereocenters. The van der Waals surface area contributed by atoms with E-state index in [0.29, 0.717) is 22.1 Å². The monoisotopic (exact) mass is 302 g/mol. The lowest BCUT2D eigenvalue weighted by atomic mass is 10.3. The number of halogens is 1. The molecule has 0 radical (unpaired) electrons. The first-order valence-corrected chi connectivity index (χ1v) is 6.60. The fourth-order valence-corrected chi connectivity index (χ4v) is 2.20. The Morgan fingerprint density at radius 3 is 2.86 bits per heavy atom. The fourth-order valence-electron chi connectivity index (χ4n) is 2.02. The Hall–Kier alpha value is -2.53. The summed E-state index contributed by atoms with van der Waals surface area (Å²) in [5.74, 6) is -0.363. The number of carbonyl (C=O) groups is 1. The minimum atomic E-state index is -1.000. The van der Waals surface area contributed by atoms with Gasteiger partial charge in [0.05, 0.1) is 5.69 Å². The van der Waals surface area contributed by atoms with Gasteiger partial charge in [0.1, 0.15) is 23.7 Å². The van der Waals surface area contributed by atoms with Gasteiger partial charge in [0, 0.05) is 11.2 Å². The van der Waals surface area contributed by atoms with Gasteiger partial charge in [0.25, 0.3) is 0 Å². The third kappa shape index (κ3) is 2.83. The van der Waals surface area contributed by atoms with Gasteiger partial charge < -0.3 is 9.84 Å².